The van der Waals surface area contributed by atoms with Crippen LogP contribution in [0.3, 0.4) is 0 Å². The largest absolute Gasteiger partial charge is 0.364 e. The molecule has 4 rings (SSSR count). The standard InChI is InChI=1S/C14H18N4O2/c1-2-11(13-15-14(20-17-13)10-3-4-10)8-18(6-1)9-12-5-7-19-16-12/h5,7,10-11H,1-4,6,8-9H2/t11-/m0/s1. The van der Waals surface area contributed by atoms with Crippen molar-refractivity contribution in [1.29, 1.82) is 0 Å². The first-order valence-corrected chi connectivity index (χ1v) is 7.33. The molecule has 6 heteroatoms. The Labute approximate surface area is 117 Å². The van der Waals surface area contributed by atoms with Crippen molar-refractivity contribution in [2.45, 2.75) is 44.1 Å². The Balaban J connectivity index is 1.42. The highest BCUT2D eigenvalue weighted by atomic mass is 16.5. The van der Waals surface area contributed by atoms with Crippen molar-refractivity contribution in [3.05, 3.63) is 29.7 Å². The minimum Gasteiger partial charge on any atom is -0.364 e. The van der Waals surface area contributed by atoms with Gasteiger partial charge in [-0.25, -0.2) is 0 Å². The molecule has 1 aliphatic carbocycles. The molecule has 106 valence electrons. The van der Waals surface area contributed by atoms with Crippen LogP contribution in [0.15, 0.2) is 21.4 Å². The fourth-order valence-corrected chi connectivity index (χ4v) is 2.87. The minimum atomic E-state index is 0.381. The Bertz CT molecular complexity index is 562. The van der Waals surface area contributed by atoms with Gasteiger partial charge in [0.1, 0.15) is 6.26 Å². The number of hydrogen-bond acceptors (Lipinski definition) is 6. The zero-order chi connectivity index (χ0) is 13.4. The monoisotopic (exact) mass is 274 g/mol. The number of likely N-dealkylation sites (tertiary alicyclic amines) is 1. The van der Waals surface area contributed by atoms with Crippen molar-refractivity contribution in [3.8, 4) is 0 Å². The van der Waals surface area contributed by atoms with E-state index in [9.17, 15) is 0 Å². The lowest BCUT2D eigenvalue weighted by molar-refractivity contribution is 0.190. The van der Waals surface area contributed by atoms with Crippen LogP contribution >= 0.6 is 0 Å². The van der Waals surface area contributed by atoms with Gasteiger partial charge in [0.25, 0.3) is 0 Å². The Morgan fingerprint density at radius 1 is 1.20 bits per heavy atom. The number of hydrogen-bond donors (Lipinski definition) is 0. The normalized spacial score (nSPS) is 24.1. The molecule has 2 fully saturated rings. The summed E-state index contributed by atoms with van der Waals surface area (Å²) in [6, 6.07) is 1.92. The van der Waals surface area contributed by atoms with E-state index in [1.165, 1.54) is 12.8 Å². The summed E-state index contributed by atoms with van der Waals surface area (Å²) in [6.07, 6.45) is 6.32. The highest BCUT2D eigenvalue weighted by Gasteiger charge is 2.32. The number of nitrogens with zero attached hydrogens (tertiary/aromatic N) is 4. The first-order valence-electron chi connectivity index (χ1n) is 7.33. The topological polar surface area (TPSA) is 68.2 Å². The Morgan fingerprint density at radius 2 is 2.15 bits per heavy atom. The zero-order valence-electron chi connectivity index (χ0n) is 11.4. The van der Waals surface area contributed by atoms with Crippen LogP contribution in [0.4, 0.5) is 0 Å². The van der Waals surface area contributed by atoms with E-state index in [2.05, 4.69) is 20.2 Å². The maximum absolute atomic E-state index is 5.38. The molecule has 20 heavy (non-hydrogen) atoms. The summed E-state index contributed by atoms with van der Waals surface area (Å²) in [7, 11) is 0. The van der Waals surface area contributed by atoms with Gasteiger partial charge in [0, 0.05) is 31.0 Å². The number of piperidine rings is 1. The summed E-state index contributed by atoms with van der Waals surface area (Å²) < 4.78 is 10.3. The maximum atomic E-state index is 5.38. The number of rotatable bonds is 4. The van der Waals surface area contributed by atoms with Gasteiger partial charge in [-0.05, 0) is 32.2 Å². The van der Waals surface area contributed by atoms with Crippen LogP contribution in [0.2, 0.25) is 0 Å². The lowest BCUT2D eigenvalue weighted by atomic mass is 9.97. The fraction of sp³-hybridized carbons (Fsp3) is 0.643. The molecule has 0 unspecified atom stereocenters. The SMILES string of the molecule is c1cc(CN2CCC[C@H](c3noc(C4CC4)n3)C2)no1. The van der Waals surface area contributed by atoms with E-state index in [0.717, 1.165) is 49.9 Å². The first-order chi connectivity index (χ1) is 9.88. The predicted octanol–water partition coefficient (Wildman–Crippen LogP) is 2.31. The molecule has 0 bridgehead atoms. The van der Waals surface area contributed by atoms with Gasteiger partial charge in [-0.15, -0.1) is 0 Å². The highest BCUT2D eigenvalue weighted by molar-refractivity contribution is 5.06. The van der Waals surface area contributed by atoms with Crippen molar-refractivity contribution >= 4 is 0 Å². The Kier molecular flexibility index (Phi) is 3.03. The third kappa shape index (κ3) is 2.47. The summed E-state index contributed by atoms with van der Waals surface area (Å²) in [5, 5.41) is 8.16. The van der Waals surface area contributed by atoms with E-state index in [1.807, 2.05) is 6.07 Å². The summed E-state index contributed by atoms with van der Waals surface area (Å²) in [4.78, 5) is 6.98. The van der Waals surface area contributed by atoms with E-state index in [0.29, 0.717) is 11.8 Å². The van der Waals surface area contributed by atoms with Gasteiger partial charge in [0.15, 0.2) is 5.82 Å². The highest BCUT2D eigenvalue weighted by Crippen LogP contribution is 2.39. The van der Waals surface area contributed by atoms with Crippen molar-refractivity contribution in [3.63, 3.8) is 0 Å². The lowest BCUT2D eigenvalue weighted by Gasteiger charge is -2.30. The second kappa shape index (κ2) is 5.01. The number of aromatic nitrogens is 3. The van der Waals surface area contributed by atoms with Crippen LogP contribution in [-0.4, -0.2) is 33.3 Å². The smallest absolute Gasteiger partial charge is 0.229 e. The third-order valence-corrected chi connectivity index (χ3v) is 4.13. The quantitative estimate of drug-likeness (QED) is 0.852. The summed E-state index contributed by atoms with van der Waals surface area (Å²) in [6.45, 7) is 2.90. The van der Waals surface area contributed by atoms with Crippen LogP contribution in [0.5, 0.6) is 0 Å². The summed E-state index contributed by atoms with van der Waals surface area (Å²) in [5.41, 5.74) is 0.984. The molecule has 2 aliphatic rings. The van der Waals surface area contributed by atoms with Crippen molar-refractivity contribution in [2.75, 3.05) is 13.1 Å². The molecule has 1 atom stereocenters. The molecule has 2 aromatic rings. The van der Waals surface area contributed by atoms with E-state index in [-0.39, 0.29) is 0 Å². The average Bonchev–Trinajstić information content (AvgIpc) is 3.00. The average molecular weight is 274 g/mol. The predicted molar refractivity (Wildman–Crippen MR) is 70.0 cm³/mol. The van der Waals surface area contributed by atoms with Crippen LogP contribution in [0.25, 0.3) is 0 Å². The van der Waals surface area contributed by atoms with Gasteiger partial charge in [-0.1, -0.05) is 10.3 Å². The minimum absolute atomic E-state index is 0.381. The molecule has 0 N–H and O–H groups in total. The molecule has 1 aliphatic heterocycles. The lowest BCUT2D eigenvalue weighted by Crippen LogP contribution is -2.34. The zero-order valence-corrected chi connectivity index (χ0v) is 11.4. The van der Waals surface area contributed by atoms with Crippen LogP contribution in [0, 0.1) is 0 Å². The molecular formula is C14H18N4O2. The Morgan fingerprint density at radius 3 is 2.95 bits per heavy atom. The fourth-order valence-electron chi connectivity index (χ4n) is 2.87. The van der Waals surface area contributed by atoms with Gasteiger partial charge >= 0.3 is 0 Å². The van der Waals surface area contributed by atoms with E-state index < -0.39 is 0 Å². The molecule has 0 radical (unpaired) electrons. The van der Waals surface area contributed by atoms with Crippen molar-refractivity contribution < 1.29 is 9.05 Å². The second-order valence-electron chi connectivity index (χ2n) is 5.83. The van der Waals surface area contributed by atoms with Gasteiger partial charge in [-0.3, -0.25) is 4.90 Å². The summed E-state index contributed by atoms with van der Waals surface area (Å²) in [5.74, 6) is 2.64. The molecule has 3 heterocycles. The molecule has 2 aromatic heterocycles. The van der Waals surface area contributed by atoms with Gasteiger partial charge < -0.3 is 9.05 Å². The van der Waals surface area contributed by atoms with E-state index in [4.69, 9.17) is 9.05 Å². The van der Waals surface area contributed by atoms with Crippen molar-refractivity contribution in [1.82, 2.24) is 20.2 Å². The van der Waals surface area contributed by atoms with E-state index in [1.54, 1.807) is 6.26 Å². The molecule has 1 saturated heterocycles. The second-order valence-corrected chi connectivity index (χ2v) is 5.83. The van der Waals surface area contributed by atoms with Crippen molar-refractivity contribution in [2.24, 2.45) is 0 Å². The molecule has 0 amide bonds. The van der Waals surface area contributed by atoms with Gasteiger partial charge in [-0.2, -0.15) is 4.98 Å². The molecule has 6 nitrogen and oxygen atoms in total. The molecule has 0 aromatic carbocycles. The summed E-state index contributed by atoms with van der Waals surface area (Å²) >= 11 is 0. The maximum Gasteiger partial charge on any atom is 0.229 e. The van der Waals surface area contributed by atoms with Gasteiger partial charge in [0.2, 0.25) is 5.89 Å². The third-order valence-electron chi connectivity index (χ3n) is 4.13. The first kappa shape index (κ1) is 12.1. The van der Waals surface area contributed by atoms with E-state index >= 15 is 0 Å². The molecular weight excluding hydrogens is 256 g/mol. The van der Waals surface area contributed by atoms with Crippen LogP contribution in [-0.2, 0) is 6.54 Å². The Hall–Kier alpha value is -1.69. The van der Waals surface area contributed by atoms with Crippen LogP contribution < -0.4 is 0 Å². The molecule has 1 saturated carbocycles. The van der Waals surface area contributed by atoms with Gasteiger partial charge in [0.05, 0.1) is 5.69 Å². The van der Waals surface area contributed by atoms with Crippen LogP contribution in [0.1, 0.15) is 54.9 Å². The molecule has 0 spiro atoms.